The number of aromatic nitrogens is 2. The molecule has 3 N–H and O–H groups in total. The molecule has 2 atom stereocenters. The second kappa shape index (κ2) is 17.0. The van der Waals surface area contributed by atoms with Crippen LogP contribution in [-0.2, 0) is 26.7 Å². The van der Waals surface area contributed by atoms with E-state index in [2.05, 4.69) is 20.9 Å². The van der Waals surface area contributed by atoms with Gasteiger partial charge in [0.25, 0.3) is 10.0 Å². The molecule has 1 aromatic heterocycles. The summed E-state index contributed by atoms with van der Waals surface area (Å²) < 4.78 is 54.8. The van der Waals surface area contributed by atoms with E-state index < -0.39 is 27.6 Å². The van der Waals surface area contributed by atoms with Crippen LogP contribution in [0.25, 0.3) is 0 Å². The van der Waals surface area contributed by atoms with Crippen LogP contribution in [0.4, 0.5) is 20.2 Å². The van der Waals surface area contributed by atoms with Crippen molar-refractivity contribution in [2.45, 2.75) is 45.6 Å². The molecule has 2 aliphatic heterocycles. The highest BCUT2D eigenvalue weighted by Crippen LogP contribution is 2.25. The molecule has 2 aromatic carbocycles. The van der Waals surface area contributed by atoms with E-state index in [0.717, 1.165) is 25.5 Å². The number of hydrogen-bond donors (Lipinski definition) is 3. The fraction of sp³-hybridized carbons (Fsp3) is 0.433. The number of benzene rings is 2. The minimum Gasteiger partial charge on any atom is -0.339 e. The predicted molar refractivity (Wildman–Crippen MR) is 174 cm³/mol. The van der Waals surface area contributed by atoms with Gasteiger partial charge in [-0.15, -0.1) is 0 Å². The number of imidazole rings is 1. The van der Waals surface area contributed by atoms with Gasteiger partial charge in [0.05, 0.1) is 28.2 Å². The van der Waals surface area contributed by atoms with E-state index in [1.54, 1.807) is 17.7 Å². The predicted octanol–water partition coefficient (Wildman–Crippen LogP) is 5.94. The molecular formula is C30H40Cl2F2N6O4S. The Labute approximate surface area is 273 Å². The van der Waals surface area contributed by atoms with E-state index in [0.29, 0.717) is 31.6 Å². The zero-order valence-electron chi connectivity index (χ0n) is 23.3. The van der Waals surface area contributed by atoms with E-state index in [-0.39, 0.29) is 59.9 Å². The van der Waals surface area contributed by atoms with Gasteiger partial charge in [-0.25, -0.2) is 22.2 Å². The minimum absolute atomic E-state index is 0. The monoisotopic (exact) mass is 688 g/mol. The molecule has 248 valence electrons. The second-order valence-electron chi connectivity index (χ2n) is 10.4. The standard InChI is InChI=1S/C16H18ClFN4O3S.C12H14ClFN2O.2CH4/c1-21-9-15(19-10-21)26(24,25)22-6-2-3-11(8-22)16(23)20-12-4-5-13(17)14(18)7-12;13-10-4-3-9(6-11(10)14)16-12(17)8-2-1-5-15-7-8;;/h4-5,7,9-11H,2-3,6,8H2,1H3,(H,20,23);3-4,6,8,15H,1-2,5,7H2,(H,16,17);2*1H4. The first-order valence-electron chi connectivity index (χ1n) is 13.6. The van der Waals surface area contributed by atoms with Crippen LogP contribution in [-0.4, -0.2) is 60.3 Å². The molecule has 2 saturated heterocycles. The smallest absolute Gasteiger partial charge is 0.262 e. The number of halogens is 4. The van der Waals surface area contributed by atoms with E-state index in [9.17, 15) is 26.8 Å². The SMILES string of the molecule is C.C.Cn1cnc(S(=O)(=O)N2CCCC(C(=O)Nc3ccc(Cl)c(F)c3)C2)c1.O=C(Nc1ccc(Cl)c(F)c1)C1CCCNC1. The third-order valence-corrected chi connectivity index (χ3v) is 9.45. The van der Waals surface area contributed by atoms with Gasteiger partial charge in [-0.1, -0.05) is 38.1 Å². The van der Waals surface area contributed by atoms with Crippen molar-refractivity contribution in [2.75, 3.05) is 36.8 Å². The number of rotatable bonds is 6. The van der Waals surface area contributed by atoms with Gasteiger partial charge in [0.1, 0.15) is 11.6 Å². The zero-order valence-corrected chi connectivity index (χ0v) is 25.7. The first kappa shape index (κ1) is 38.1. The Morgan fingerprint density at radius 2 is 1.49 bits per heavy atom. The van der Waals surface area contributed by atoms with Crippen LogP contribution in [0.5, 0.6) is 0 Å². The molecule has 0 radical (unpaired) electrons. The molecule has 0 spiro atoms. The first-order valence-corrected chi connectivity index (χ1v) is 15.8. The van der Waals surface area contributed by atoms with Gasteiger partial charge in [0, 0.05) is 44.3 Å². The Morgan fingerprint density at radius 3 is 1.98 bits per heavy atom. The van der Waals surface area contributed by atoms with Gasteiger partial charge in [0.2, 0.25) is 11.8 Å². The van der Waals surface area contributed by atoms with Crippen LogP contribution in [0.3, 0.4) is 0 Å². The number of hydrogen-bond acceptors (Lipinski definition) is 6. The molecule has 5 rings (SSSR count). The second-order valence-corrected chi connectivity index (χ2v) is 13.1. The summed E-state index contributed by atoms with van der Waals surface area (Å²) in [6.45, 7) is 2.03. The van der Waals surface area contributed by atoms with Gasteiger partial charge in [-0.05, 0) is 68.6 Å². The Hall–Kier alpha value is -3.10. The van der Waals surface area contributed by atoms with Gasteiger partial charge in [-0.2, -0.15) is 4.31 Å². The van der Waals surface area contributed by atoms with Crippen molar-refractivity contribution < 1.29 is 26.8 Å². The van der Waals surface area contributed by atoms with Crippen molar-refractivity contribution in [3.05, 3.63) is 70.6 Å². The summed E-state index contributed by atoms with van der Waals surface area (Å²) >= 11 is 11.2. The van der Waals surface area contributed by atoms with Crippen LogP contribution in [0.2, 0.25) is 10.0 Å². The maximum absolute atomic E-state index is 13.5. The quantitative estimate of drug-likeness (QED) is 0.294. The largest absolute Gasteiger partial charge is 0.339 e. The average molecular weight is 690 g/mol. The molecule has 3 heterocycles. The lowest BCUT2D eigenvalue weighted by Crippen LogP contribution is -2.43. The van der Waals surface area contributed by atoms with Crippen LogP contribution in [0.15, 0.2) is 53.9 Å². The maximum atomic E-state index is 13.5. The van der Waals surface area contributed by atoms with Gasteiger partial charge in [0.15, 0.2) is 5.03 Å². The number of amides is 2. The Bertz CT molecular complexity index is 1570. The molecule has 2 aliphatic rings. The maximum Gasteiger partial charge on any atom is 0.262 e. The van der Waals surface area contributed by atoms with E-state index in [4.69, 9.17) is 23.2 Å². The van der Waals surface area contributed by atoms with Crippen LogP contribution in [0, 0.1) is 23.5 Å². The van der Waals surface area contributed by atoms with Crippen molar-refractivity contribution in [3.8, 4) is 0 Å². The molecule has 45 heavy (non-hydrogen) atoms. The summed E-state index contributed by atoms with van der Waals surface area (Å²) in [5, 5.41) is 8.47. The number of carbonyl (C=O) groups excluding carboxylic acids is 2. The third kappa shape index (κ3) is 10.2. The Kier molecular flexibility index (Phi) is 14.4. The van der Waals surface area contributed by atoms with Gasteiger partial charge >= 0.3 is 0 Å². The van der Waals surface area contributed by atoms with Gasteiger partial charge < -0.3 is 20.5 Å². The van der Waals surface area contributed by atoms with E-state index in [1.807, 2.05) is 0 Å². The third-order valence-electron chi connectivity index (χ3n) is 7.08. The molecule has 0 saturated carbocycles. The van der Waals surface area contributed by atoms with Crippen LogP contribution in [0.1, 0.15) is 40.5 Å². The highest BCUT2D eigenvalue weighted by Gasteiger charge is 2.34. The molecule has 2 amide bonds. The molecular weight excluding hydrogens is 649 g/mol. The summed E-state index contributed by atoms with van der Waals surface area (Å²) in [7, 11) is -2.06. The Morgan fingerprint density at radius 1 is 0.933 bits per heavy atom. The zero-order chi connectivity index (χ0) is 31.1. The van der Waals surface area contributed by atoms with Crippen molar-refractivity contribution in [2.24, 2.45) is 18.9 Å². The van der Waals surface area contributed by atoms with E-state index in [1.165, 1.54) is 41.1 Å². The van der Waals surface area contributed by atoms with Crippen molar-refractivity contribution in [1.82, 2.24) is 19.2 Å². The van der Waals surface area contributed by atoms with Crippen LogP contribution < -0.4 is 16.0 Å². The van der Waals surface area contributed by atoms with E-state index >= 15 is 0 Å². The fourth-order valence-electron chi connectivity index (χ4n) is 4.74. The number of nitrogens with one attached hydrogen (secondary N) is 3. The molecule has 2 fully saturated rings. The highest BCUT2D eigenvalue weighted by molar-refractivity contribution is 7.89. The number of nitrogens with zero attached hydrogens (tertiary/aromatic N) is 3. The molecule has 0 aliphatic carbocycles. The number of sulfonamides is 1. The molecule has 0 bridgehead atoms. The Balaban J connectivity index is 0.000000325. The van der Waals surface area contributed by atoms with Crippen LogP contribution >= 0.6 is 23.2 Å². The topological polar surface area (TPSA) is 125 Å². The van der Waals surface area contributed by atoms with Crippen molar-refractivity contribution in [3.63, 3.8) is 0 Å². The first-order chi connectivity index (χ1) is 20.4. The number of carbonyl (C=O) groups is 2. The molecule has 3 aromatic rings. The lowest BCUT2D eigenvalue weighted by atomic mass is 9.99. The van der Waals surface area contributed by atoms with Gasteiger partial charge in [-0.3, -0.25) is 9.59 Å². The molecule has 10 nitrogen and oxygen atoms in total. The number of piperidine rings is 2. The number of aryl methyl sites for hydroxylation is 1. The summed E-state index contributed by atoms with van der Waals surface area (Å²) in [5.74, 6) is -2.14. The summed E-state index contributed by atoms with van der Waals surface area (Å²) in [6, 6.07) is 8.24. The highest BCUT2D eigenvalue weighted by atomic mass is 35.5. The minimum atomic E-state index is -3.75. The lowest BCUT2D eigenvalue weighted by Gasteiger charge is -2.30. The normalized spacial score (nSPS) is 18.3. The van der Waals surface area contributed by atoms with Crippen molar-refractivity contribution in [1.29, 1.82) is 0 Å². The summed E-state index contributed by atoms with van der Waals surface area (Å²) in [4.78, 5) is 28.2. The summed E-state index contributed by atoms with van der Waals surface area (Å²) in [6.07, 6.45) is 5.81. The summed E-state index contributed by atoms with van der Waals surface area (Å²) in [5.41, 5.74) is 0.726. The average Bonchev–Trinajstić information content (AvgIpc) is 3.45. The molecule has 15 heteroatoms. The molecule has 2 unspecified atom stereocenters. The number of anilines is 2. The lowest BCUT2D eigenvalue weighted by molar-refractivity contribution is -0.121. The van der Waals surface area contributed by atoms with Crippen molar-refractivity contribution >= 4 is 56.4 Å². The fourth-order valence-corrected chi connectivity index (χ4v) is 6.47.